The minimum atomic E-state index is -0.340. The standard InChI is InChI=1S/C14H21NO3/c1-6-17-13(16)9-18-14-10(2)7-12(15(4)5)8-11(14)3/h7-8H,6,9H2,1-5H3. The highest BCUT2D eigenvalue weighted by molar-refractivity contribution is 5.71. The van der Waals surface area contributed by atoms with E-state index in [4.69, 9.17) is 9.47 Å². The predicted molar refractivity (Wildman–Crippen MR) is 72.4 cm³/mol. The Morgan fingerprint density at radius 2 is 1.78 bits per heavy atom. The molecule has 0 fully saturated rings. The highest BCUT2D eigenvalue weighted by Gasteiger charge is 2.10. The molecule has 18 heavy (non-hydrogen) atoms. The second kappa shape index (κ2) is 6.28. The summed E-state index contributed by atoms with van der Waals surface area (Å²) in [7, 11) is 3.99. The van der Waals surface area contributed by atoms with E-state index in [0.717, 1.165) is 22.6 Å². The number of hydrogen-bond acceptors (Lipinski definition) is 4. The van der Waals surface area contributed by atoms with Crippen LogP contribution < -0.4 is 9.64 Å². The minimum absolute atomic E-state index is 0.0448. The average Bonchev–Trinajstić information content (AvgIpc) is 2.27. The van der Waals surface area contributed by atoms with Gasteiger partial charge in [0.1, 0.15) is 5.75 Å². The molecule has 0 heterocycles. The van der Waals surface area contributed by atoms with Crippen molar-refractivity contribution in [3.8, 4) is 5.75 Å². The fraction of sp³-hybridized carbons (Fsp3) is 0.500. The summed E-state index contributed by atoms with van der Waals surface area (Å²) in [6, 6.07) is 4.07. The summed E-state index contributed by atoms with van der Waals surface area (Å²) in [5, 5.41) is 0. The maximum Gasteiger partial charge on any atom is 0.344 e. The van der Waals surface area contributed by atoms with Crippen molar-refractivity contribution in [1.82, 2.24) is 0 Å². The van der Waals surface area contributed by atoms with Gasteiger partial charge in [0.2, 0.25) is 0 Å². The quantitative estimate of drug-likeness (QED) is 0.753. The molecule has 1 aromatic carbocycles. The van der Waals surface area contributed by atoms with Crippen molar-refractivity contribution < 1.29 is 14.3 Å². The molecule has 0 saturated heterocycles. The van der Waals surface area contributed by atoms with E-state index in [-0.39, 0.29) is 12.6 Å². The molecule has 0 aliphatic heterocycles. The summed E-state index contributed by atoms with van der Waals surface area (Å²) in [5.41, 5.74) is 3.15. The first-order valence-electron chi connectivity index (χ1n) is 6.02. The van der Waals surface area contributed by atoms with Crippen molar-refractivity contribution in [3.63, 3.8) is 0 Å². The second-order valence-electron chi connectivity index (χ2n) is 4.40. The minimum Gasteiger partial charge on any atom is -0.481 e. The Bertz CT molecular complexity index is 404. The zero-order valence-electron chi connectivity index (χ0n) is 11.7. The van der Waals surface area contributed by atoms with Crippen LogP contribution in [0.5, 0.6) is 5.75 Å². The Labute approximate surface area is 108 Å². The first-order valence-corrected chi connectivity index (χ1v) is 6.02. The molecule has 4 nitrogen and oxygen atoms in total. The van der Waals surface area contributed by atoms with Gasteiger partial charge in [-0.2, -0.15) is 0 Å². The van der Waals surface area contributed by atoms with Crippen LogP contribution >= 0.6 is 0 Å². The average molecular weight is 251 g/mol. The van der Waals surface area contributed by atoms with Gasteiger partial charge in [0, 0.05) is 19.8 Å². The van der Waals surface area contributed by atoms with Crippen LogP contribution in [0.4, 0.5) is 5.69 Å². The number of carbonyl (C=O) groups excluding carboxylic acids is 1. The number of ether oxygens (including phenoxy) is 2. The van der Waals surface area contributed by atoms with E-state index in [1.807, 2.05) is 45.0 Å². The van der Waals surface area contributed by atoms with Crippen LogP contribution in [0.25, 0.3) is 0 Å². The number of rotatable bonds is 5. The first-order chi connectivity index (χ1) is 8.45. The van der Waals surface area contributed by atoms with E-state index < -0.39 is 0 Å². The van der Waals surface area contributed by atoms with Gasteiger partial charge in [-0.3, -0.25) is 0 Å². The SMILES string of the molecule is CCOC(=O)COc1c(C)cc(N(C)C)cc1C. The molecular weight excluding hydrogens is 230 g/mol. The number of carbonyl (C=O) groups is 1. The monoisotopic (exact) mass is 251 g/mol. The van der Waals surface area contributed by atoms with Crippen molar-refractivity contribution >= 4 is 11.7 Å². The van der Waals surface area contributed by atoms with Crippen molar-refractivity contribution in [3.05, 3.63) is 23.3 Å². The maximum absolute atomic E-state index is 11.3. The third-order valence-corrected chi connectivity index (χ3v) is 2.60. The molecule has 0 unspecified atom stereocenters. The van der Waals surface area contributed by atoms with Gasteiger partial charge in [0.25, 0.3) is 0 Å². The van der Waals surface area contributed by atoms with E-state index in [9.17, 15) is 4.79 Å². The van der Waals surface area contributed by atoms with Gasteiger partial charge >= 0.3 is 5.97 Å². The van der Waals surface area contributed by atoms with E-state index in [2.05, 4.69) is 0 Å². The van der Waals surface area contributed by atoms with Crippen LogP contribution in [0.2, 0.25) is 0 Å². The Morgan fingerprint density at radius 3 is 2.22 bits per heavy atom. The second-order valence-corrected chi connectivity index (χ2v) is 4.40. The zero-order valence-corrected chi connectivity index (χ0v) is 11.7. The van der Waals surface area contributed by atoms with E-state index in [0.29, 0.717) is 6.61 Å². The fourth-order valence-corrected chi connectivity index (χ4v) is 1.75. The lowest BCUT2D eigenvalue weighted by atomic mass is 10.1. The van der Waals surface area contributed by atoms with Crippen molar-refractivity contribution in [1.29, 1.82) is 0 Å². The molecule has 0 N–H and O–H groups in total. The molecule has 0 aliphatic carbocycles. The summed E-state index contributed by atoms with van der Waals surface area (Å²) in [4.78, 5) is 13.3. The van der Waals surface area contributed by atoms with Crippen LogP contribution in [0.1, 0.15) is 18.1 Å². The third-order valence-electron chi connectivity index (χ3n) is 2.60. The summed E-state index contributed by atoms with van der Waals surface area (Å²) >= 11 is 0. The molecular formula is C14H21NO3. The van der Waals surface area contributed by atoms with Gasteiger partial charge in [-0.25, -0.2) is 4.79 Å². The number of aryl methyl sites for hydroxylation is 2. The van der Waals surface area contributed by atoms with Crippen LogP contribution in [0.3, 0.4) is 0 Å². The largest absolute Gasteiger partial charge is 0.481 e. The number of benzene rings is 1. The number of hydrogen-bond donors (Lipinski definition) is 0. The first kappa shape index (κ1) is 14.4. The topological polar surface area (TPSA) is 38.8 Å². The molecule has 0 amide bonds. The van der Waals surface area contributed by atoms with E-state index in [1.54, 1.807) is 6.92 Å². The zero-order chi connectivity index (χ0) is 13.7. The molecule has 0 spiro atoms. The van der Waals surface area contributed by atoms with Crippen molar-refractivity contribution in [2.24, 2.45) is 0 Å². The predicted octanol–water partition coefficient (Wildman–Crippen LogP) is 2.31. The molecule has 4 heteroatoms. The number of anilines is 1. The highest BCUT2D eigenvalue weighted by atomic mass is 16.6. The molecule has 0 radical (unpaired) electrons. The summed E-state index contributed by atoms with van der Waals surface area (Å²) in [5.74, 6) is 0.418. The Kier molecular flexibility index (Phi) is 5.01. The summed E-state index contributed by atoms with van der Waals surface area (Å²) < 4.78 is 10.4. The van der Waals surface area contributed by atoms with Gasteiger partial charge in [-0.15, -0.1) is 0 Å². The van der Waals surface area contributed by atoms with Gasteiger partial charge in [-0.1, -0.05) is 0 Å². The normalized spacial score (nSPS) is 10.1. The van der Waals surface area contributed by atoms with E-state index in [1.165, 1.54) is 0 Å². The maximum atomic E-state index is 11.3. The van der Waals surface area contributed by atoms with Gasteiger partial charge < -0.3 is 14.4 Å². The van der Waals surface area contributed by atoms with Crippen molar-refractivity contribution in [2.75, 3.05) is 32.2 Å². The molecule has 100 valence electrons. The van der Waals surface area contributed by atoms with Gasteiger partial charge in [-0.05, 0) is 44.0 Å². The van der Waals surface area contributed by atoms with Gasteiger partial charge in [0.05, 0.1) is 6.61 Å². The number of nitrogens with zero attached hydrogens (tertiary/aromatic N) is 1. The van der Waals surface area contributed by atoms with Crippen LogP contribution in [-0.2, 0) is 9.53 Å². The lowest BCUT2D eigenvalue weighted by Gasteiger charge is -2.17. The summed E-state index contributed by atoms with van der Waals surface area (Å²) in [6.07, 6.45) is 0. The third kappa shape index (κ3) is 3.65. The molecule has 1 rings (SSSR count). The Hall–Kier alpha value is -1.71. The Morgan fingerprint density at radius 1 is 1.22 bits per heavy atom. The molecule has 0 aromatic heterocycles. The molecule has 0 atom stereocenters. The van der Waals surface area contributed by atoms with Crippen LogP contribution in [0, 0.1) is 13.8 Å². The van der Waals surface area contributed by atoms with Gasteiger partial charge in [0.15, 0.2) is 6.61 Å². The smallest absolute Gasteiger partial charge is 0.344 e. The molecule has 1 aromatic rings. The molecule has 0 bridgehead atoms. The molecule has 0 saturated carbocycles. The highest BCUT2D eigenvalue weighted by Crippen LogP contribution is 2.28. The van der Waals surface area contributed by atoms with Crippen LogP contribution in [0.15, 0.2) is 12.1 Å². The Balaban J connectivity index is 2.81. The fourth-order valence-electron chi connectivity index (χ4n) is 1.75. The lowest BCUT2D eigenvalue weighted by Crippen LogP contribution is -2.16. The van der Waals surface area contributed by atoms with Crippen LogP contribution in [-0.4, -0.2) is 33.3 Å². The van der Waals surface area contributed by atoms with Crippen molar-refractivity contribution in [2.45, 2.75) is 20.8 Å². The lowest BCUT2D eigenvalue weighted by molar-refractivity contribution is -0.145. The molecule has 0 aliphatic rings. The summed E-state index contributed by atoms with van der Waals surface area (Å²) in [6.45, 7) is 6.05. The number of esters is 1. The van der Waals surface area contributed by atoms with E-state index >= 15 is 0 Å².